The molecule has 180 valence electrons. The van der Waals surface area contributed by atoms with Crippen molar-refractivity contribution in [1.29, 1.82) is 0 Å². The van der Waals surface area contributed by atoms with Crippen LogP contribution in [0.25, 0.3) is 0 Å². The van der Waals surface area contributed by atoms with Gasteiger partial charge in [-0.3, -0.25) is 4.98 Å². The topological polar surface area (TPSA) is 68.7 Å². The summed E-state index contributed by atoms with van der Waals surface area (Å²) in [4.78, 5) is 9.55. The Balaban J connectivity index is 1.49. The molecule has 1 N–H and O–H groups in total. The maximum absolute atomic E-state index is 13.0. The molecule has 33 heavy (non-hydrogen) atoms. The van der Waals surface area contributed by atoms with E-state index in [1.165, 1.54) is 6.20 Å². The number of fused-ring (bicyclic) bond motifs is 1. The molecule has 1 aliphatic heterocycles. The number of hydrogen-bond donors (Lipinski definition) is 1. The van der Waals surface area contributed by atoms with Crippen LogP contribution in [0.5, 0.6) is 5.75 Å². The second-order valence-corrected chi connectivity index (χ2v) is 9.02. The molecule has 10 heteroatoms. The highest BCUT2D eigenvalue weighted by Gasteiger charge is 2.51. The van der Waals surface area contributed by atoms with Gasteiger partial charge in [0.05, 0.1) is 31.6 Å². The number of nitrogens with zero attached hydrogens (tertiary/aromatic N) is 3. The number of halogens is 3. The number of methoxy groups -OCH3 is 1. The van der Waals surface area contributed by atoms with Gasteiger partial charge in [0.1, 0.15) is 17.7 Å². The molecule has 0 spiro atoms. The van der Waals surface area contributed by atoms with E-state index in [1.54, 1.807) is 7.11 Å². The van der Waals surface area contributed by atoms with E-state index < -0.39 is 17.7 Å². The van der Waals surface area contributed by atoms with Crippen molar-refractivity contribution in [3.63, 3.8) is 0 Å². The molecule has 0 radical (unpaired) electrons. The SMILES string of the molecule is COc1cccc(N(C)CC2CC[C@H](Nc3cncc(C(F)(F)F)n3)[C@H]3OC(C)(C)O[C@@H]23)c1. The maximum Gasteiger partial charge on any atom is 0.434 e. The lowest BCUT2D eigenvalue weighted by molar-refractivity contribution is -0.149. The van der Waals surface area contributed by atoms with E-state index in [1.807, 2.05) is 45.2 Å². The van der Waals surface area contributed by atoms with Crippen LogP contribution < -0.4 is 15.0 Å². The highest BCUT2D eigenvalue weighted by Crippen LogP contribution is 2.41. The summed E-state index contributed by atoms with van der Waals surface area (Å²) in [6.45, 7) is 4.45. The molecule has 1 aromatic heterocycles. The van der Waals surface area contributed by atoms with Crippen molar-refractivity contribution in [2.75, 3.05) is 30.9 Å². The number of rotatable bonds is 6. The van der Waals surface area contributed by atoms with E-state index in [4.69, 9.17) is 14.2 Å². The van der Waals surface area contributed by atoms with Gasteiger partial charge in [-0.05, 0) is 38.8 Å². The molecular formula is C23H29F3N4O3. The number of aromatic nitrogens is 2. The summed E-state index contributed by atoms with van der Waals surface area (Å²) >= 11 is 0. The smallest absolute Gasteiger partial charge is 0.434 e. The van der Waals surface area contributed by atoms with Crippen molar-refractivity contribution >= 4 is 11.5 Å². The zero-order valence-corrected chi connectivity index (χ0v) is 19.1. The average molecular weight is 467 g/mol. The van der Waals surface area contributed by atoms with E-state index in [9.17, 15) is 13.2 Å². The molecule has 0 bridgehead atoms. The first-order valence-corrected chi connectivity index (χ1v) is 10.9. The number of benzene rings is 1. The fourth-order valence-electron chi connectivity index (χ4n) is 4.63. The fourth-order valence-corrected chi connectivity index (χ4v) is 4.63. The second-order valence-electron chi connectivity index (χ2n) is 9.02. The standard InChI is InChI=1S/C23H29F3N4O3/c1-22(2)32-20-14(13-30(3)15-6-5-7-16(10-15)31-4)8-9-17(21(20)33-22)28-19-12-27-11-18(29-19)23(24,25)26/h5-7,10-12,14,17,20-21H,8-9,13H2,1-4H3,(H,28,29)/t14?,17-,20-,21+/m0/s1. The van der Waals surface area contributed by atoms with Gasteiger partial charge in [-0.2, -0.15) is 13.2 Å². The van der Waals surface area contributed by atoms with Gasteiger partial charge in [0.15, 0.2) is 11.5 Å². The zero-order chi connectivity index (χ0) is 23.8. The van der Waals surface area contributed by atoms with Gasteiger partial charge in [-0.25, -0.2) is 4.98 Å². The molecule has 4 atom stereocenters. The monoisotopic (exact) mass is 466 g/mol. The van der Waals surface area contributed by atoms with Crippen LogP contribution >= 0.6 is 0 Å². The quantitative estimate of drug-likeness (QED) is 0.679. The van der Waals surface area contributed by atoms with Gasteiger partial charge in [0, 0.05) is 31.3 Å². The molecule has 2 aliphatic rings. The lowest BCUT2D eigenvalue weighted by Gasteiger charge is -2.39. The fraction of sp³-hybridized carbons (Fsp3) is 0.565. The second kappa shape index (κ2) is 8.98. The molecule has 4 rings (SSSR count). The van der Waals surface area contributed by atoms with Crippen LogP contribution in [0.1, 0.15) is 32.4 Å². The van der Waals surface area contributed by atoms with Crippen LogP contribution in [0.2, 0.25) is 0 Å². The van der Waals surface area contributed by atoms with Crippen molar-refractivity contribution < 1.29 is 27.4 Å². The Labute approximate surface area is 191 Å². The Morgan fingerprint density at radius 3 is 2.67 bits per heavy atom. The molecule has 1 saturated heterocycles. The minimum atomic E-state index is -4.55. The molecule has 0 amide bonds. The van der Waals surface area contributed by atoms with Gasteiger partial charge < -0.3 is 24.4 Å². The molecule has 2 aromatic rings. The van der Waals surface area contributed by atoms with Crippen LogP contribution in [0.15, 0.2) is 36.7 Å². The molecule has 1 aliphatic carbocycles. The molecular weight excluding hydrogens is 437 g/mol. The highest BCUT2D eigenvalue weighted by molar-refractivity contribution is 5.50. The molecule has 2 fully saturated rings. The third-order valence-electron chi connectivity index (χ3n) is 6.13. The summed E-state index contributed by atoms with van der Waals surface area (Å²) in [6, 6.07) is 7.61. The zero-order valence-electron chi connectivity index (χ0n) is 19.1. The predicted octanol–water partition coefficient (Wildman–Crippen LogP) is 4.35. The maximum atomic E-state index is 13.0. The first kappa shape index (κ1) is 23.6. The Morgan fingerprint density at radius 2 is 1.94 bits per heavy atom. The summed E-state index contributed by atoms with van der Waals surface area (Å²) < 4.78 is 56.9. The molecule has 1 aromatic carbocycles. The molecule has 1 unspecified atom stereocenters. The van der Waals surface area contributed by atoms with Crippen LogP contribution in [-0.4, -0.2) is 54.7 Å². The number of ether oxygens (including phenoxy) is 3. The lowest BCUT2D eigenvalue weighted by Crippen LogP contribution is -2.50. The first-order chi connectivity index (χ1) is 15.6. The largest absolute Gasteiger partial charge is 0.497 e. The van der Waals surface area contributed by atoms with Crippen molar-refractivity contribution in [3.05, 3.63) is 42.4 Å². The first-order valence-electron chi connectivity index (χ1n) is 10.9. The van der Waals surface area contributed by atoms with Gasteiger partial charge in [0.25, 0.3) is 0 Å². The summed E-state index contributed by atoms with van der Waals surface area (Å²) in [6.07, 6.45) is -1.55. The minimum absolute atomic E-state index is 0.0776. The van der Waals surface area contributed by atoms with Gasteiger partial charge in [-0.1, -0.05) is 6.07 Å². The van der Waals surface area contributed by atoms with E-state index >= 15 is 0 Å². The van der Waals surface area contributed by atoms with Crippen LogP contribution in [0, 0.1) is 5.92 Å². The van der Waals surface area contributed by atoms with Gasteiger partial charge >= 0.3 is 6.18 Å². The minimum Gasteiger partial charge on any atom is -0.497 e. The van der Waals surface area contributed by atoms with E-state index in [2.05, 4.69) is 20.2 Å². The third kappa shape index (κ3) is 5.33. The lowest BCUT2D eigenvalue weighted by atomic mass is 9.81. The van der Waals surface area contributed by atoms with Gasteiger partial charge in [0.2, 0.25) is 0 Å². The Hall–Kier alpha value is -2.59. The van der Waals surface area contributed by atoms with Crippen LogP contribution in [0.3, 0.4) is 0 Å². The van der Waals surface area contributed by atoms with Crippen molar-refractivity contribution in [2.24, 2.45) is 5.92 Å². The Morgan fingerprint density at radius 1 is 1.18 bits per heavy atom. The summed E-state index contributed by atoms with van der Waals surface area (Å²) in [7, 11) is 3.66. The third-order valence-corrected chi connectivity index (χ3v) is 6.13. The van der Waals surface area contributed by atoms with Crippen LogP contribution in [0.4, 0.5) is 24.7 Å². The number of nitrogens with one attached hydrogen (secondary N) is 1. The molecule has 7 nitrogen and oxygen atoms in total. The van der Waals surface area contributed by atoms with Crippen molar-refractivity contribution in [1.82, 2.24) is 9.97 Å². The Kier molecular flexibility index (Phi) is 6.41. The molecule has 1 saturated carbocycles. The highest BCUT2D eigenvalue weighted by atomic mass is 19.4. The normalized spacial score (nSPS) is 26.5. The van der Waals surface area contributed by atoms with E-state index in [0.29, 0.717) is 6.42 Å². The van der Waals surface area contributed by atoms with Gasteiger partial charge in [-0.15, -0.1) is 0 Å². The van der Waals surface area contributed by atoms with Crippen LogP contribution in [-0.2, 0) is 15.7 Å². The number of hydrogen-bond acceptors (Lipinski definition) is 7. The summed E-state index contributed by atoms with van der Waals surface area (Å²) in [5, 5.41) is 3.11. The summed E-state index contributed by atoms with van der Waals surface area (Å²) in [5.41, 5.74) is 0.00475. The van der Waals surface area contributed by atoms with Crippen molar-refractivity contribution in [2.45, 2.75) is 56.9 Å². The Bertz CT molecular complexity index is 972. The molecule has 2 heterocycles. The van der Waals surface area contributed by atoms with Crippen molar-refractivity contribution in [3.8, 4) is 5.75 Å². The average Bonchev–Trinajstić information content (AvgIpc) is 3.11. The predicted molar refractivity (Wildman–Crippen MR) is 117 cm³/mol. The number of alkyl halides is 3. The summed E-state index contributed by atoms with van der Waals surface area (Å²) in [5.74, 6) is 0.257. The number of anilines is 2. The van der Waals surface area contributed by atoms with E-state index in [0.717, 1.165) is 30.6 Å². The van der Waals surface area contributed by atoms with E-state index in [-0.39, 0.29) is 30.0 Å².